The van der Waals surface area contributed by atoms with Crippen LogP contribution in [0, 0.1) is 0 Å². The smallest absolute Gasteiger partial charge is 0.269 e. The van der Waals surface area contributed by atoms with Gasteiger partial charge in [-0.25, -0.2) is 21.1 Å². The second-order valence-electron chi connectivity index (χ2n) is 7.12. The molecule has 0 spiro atoms. The second-order valence-corrected chi connectivity index (χ2v) is 10.8. The molecule has 2 aromatic rings. The zero-order valence-corrected chi connectivity index (χ0v) is 18.2. The first-order valence-corrected chi connectivity index (χ1v) is 12.1. The number of anilines is 1. The van der Waals surface area contributed by atoms with Crippen molar-refractivity contribution in [3.8, 4) is 0 Å². The van der Waals surface area contributed by atoms with Gasteiger partial charge in [0.05, 0.1) is 17.6 Å². The third-order valence-corrected chi connectivity index (χ3v) is 8.66. The van der Waals surface area contributed by atoms with E-state index in [0.717, 1.165) is 4.31 Å². The van der Waals surface area contributed by atoms with E-state index < -0.39 is 31.9 Å². The first-order valence-electron chi connectivity index (χ1n) is 9.24. The van der Waals surface area contributed by atoms with Crippen LogP contribution >= 0.6 is 0 Å². The molecule has 2 aromatic carbocycles. The average Bonchev–Trinajstić information content (AvgIpc) is 3.54. The molecule has 1 fully saturated rings. The predicted octanol–water partition coefficient (Wildman–Crippen LogP) is 1.43. The van der Waals surface area contributed by atoms with Crippen LogP contribution in [0.15, 0.2) is 52.3 Å². The molecule has 1 aliphatic heterocycles. The maximum Gasteiger partial charge on any atom is 0.269 e. The van der Waals surface area contributed by atoms with Gasteiger partial charge in [-0.1, -0.05) is 4.47 Å². The molecule has 2 aliphatic rings. The molecule has 2 amide bonds. The summed E-state index contributed by atoms with van der Waals surface area (Å²) in [6, 6.07) is 9.00. The van der Waals surface area contributed by atoms with E-state index in [4.69, 9.17) is 4.84 Å². The molecule has 10 nitrogen and oxygen atoms in total. The molecule has 12 heteroatoms. The quantitative estimate of drug-likeness (QED) is 0.639. The number of nitrogens with one attached hydrogen (secondary N) is 1. The number of hydrogen-bond donors (Lipinski definition) is 1. The fraction of sp³-hybridized carbons (Fsp3) is 0.263. The summed E-state index contributed by atoms with van der Waals surface area (Å²) in [5.41, 5.74) is 0.423. The van der Waals surface area contributed by atoms with E-state index in [-0.39, 0.29) is 27.0 Å². The van der Waals surface area contributed by atoms with Gasteiger partial charge in [-0.3, -0.25) is 14.4 Å². The molecular formula is C19H19N3O7S2. The standard InChI is InChI=1S/C19H19N3O7S2/c1-21(29-2)30(25,26)15-8-4-13(5-9-15)20-18(23)12-3-10-16-17(11-12)31(27,28)22(19(16)24)14-6-7-14/h3-5,8-11,14H,6-7H2,1-2H3,(H,20,23). The van der Waals surface area contributed by atoms with Crippen molar-refractivity contribution < 1.29 is 31.3 Å². The van der Waals surface area contributed by atoms with E-state index >= 15 is 0 Å². The van der Waals surface area contributed by atoms with Gasteiger partial charge in [0.15, 0.2) is 0 Å². The highest BCUT2D eigenvalue weighted by molar-refractivity contribution is 7.90. The van der Waals surface area contributed by atoms with Gasteiger partial charge in [-0.2, -0.15) is 0 Å². The molecule has 1 heterocycles. The highest BCUT2D eigenvalue weighted by atomic mass is 32.2. The van der Waals surface area contributed by atoms with Gasteiger partial charge in [0.1, 0.15) is 4.90 Å². The zero-order chi connectivity index (χ0) is 22.6. The largest absolute Gasteiger partial charge is 0.322 e. The van der Waals surface area contributed by atoms with Crippen LogP contribution in [0.4, 0.5) is 5.69 Å². The summed E-state index contributed by atoms with van der Waals surface area (Å²) in [5, 5.41) is 2.58. The third-order valence-electron chi connectivity index (χ3n) is 5.10. The first kappa shape index (κ1) is 21.4. The minimum absolute atomic E-state index is 0.0304. The van der Waals surface area contributed by atoms with Crippen LogP contribution in [0.25, 0.3) is 0 Å². The van der Waals surface area contributed by atoms with Crippen LogP contribution in [0.2, 0.25) is 0 Å². The zero-order valence-electron chi connectivity index (χ0n) is 16.6. The van der Waals surface area contributed by atoms with Crippen LogP contribution in [-0.4, -0.2) is 57.6 Å². The lowest BCUT2D eigenvalue weighted by Gasteiger charge is -2.14. The van der Waals surface area contributed by atoms with Crippen LogP contribution in [0.3, 0.4) is 0 Å². The minimum Gasteiger partial charge on any atom is -0.322 e. The lowest BCUT2D eigenvalue weighted by Crippen LogP contribution is -2.31. The third kappa shape index (κ3) is 3.61. The molecule has 0 atom stereocenters. The molecular weight excluding hydrogens is 446 g/mol. The second kappa shape index (κ2) is 7.41. The van der Waals surface area contributed by atoms with Crippen molar-refractivity contribution in [2.24, 2.45) is 0 Å². The van der Waals surface area contributed by atoms with E-state index in [1.165, 1.54) is 56.6 Å². The summed E-state index contributed by atoms with van der Waals surface area (Å²) >= 11 is 0. The van der Waals surface area contributed by atoms with Gasteiger partial charge in [0.2, 0.25) is 0 Å². The first-order chi connectivity index (χ1) is 14.6. The number of carbonyl (C=O) groups excluding carboxylic acids is 2. The molecule has 0 unspecified atom stereocenters. The summed E-state index contributed by atoms with van der Waals surface area (Å²) in [6.07, 6.45) is 1.27. The molecule has 0 radical (unpaired) electrons. The SMILES string of the molecule is CON(C)S(=O)(=O)c1ccc(NC(=O)c2ccc3c(c2)S(=O)(=O)N(C2CC2)C3=O)cc1. The van der Waals surface area contributed by atoms with Gasteiger partial charge >= 0.3 is 0 Å². The summed E-state index contributed by atoms with van der Waals surface area (Å²) in [5.74, 6) is -1.16. The number of nitrogens with zero attached hydrogens (tertiary/aromatic N) is 2. The van der Waals surface area contributed by atoms with Crippen molar-refractivity contribution >= 4 is 37.5 Å². The Morgan fingerprint density at radius 2 is 1.81 bits per heavy atom. The van der Waals surface area contributed by atoms with E-state index in [2.05, 4.69) is 5.32 Å². The number of rotatable bonds is 6. The number of hydrogen-bond acceptors (Lipinski definition) is 7. The normalized spacial score (nSPS) is 17.6. The lowest BCUT2D eigenvalue weighted by molar-refractivity contribution is -0.0258. The number of carbonyl (C=O) groups is 2. The molecule has 1 N–H and O–H groups in total. The molecule has 164 valence electrons. The van der Waals surface area contributed by atoms with Gasteiger partial charge in [0.25, 0.3) is 31.9 Å². The monoisotopic (exact) mass is 465 g/mol. The Kier molecular flexibility index (Phi) is 5.12. The Hall–Kier alpha value is -2.80. The predicted molar refractivity (Wildman–Crippen MR) is 109 cm³/mol. The lowest BCUT2D eigenvalue weighted by atomic mass is 10.1. The molecule has 4 rings (SSSR count). The topological polar surface area (TPSA) is 130 Å². The van der Waals surface area contributed by atoms with Crippen molar-refractivity contribution in [2.75, 3.05) is 19.5 Å². The average molecular weight is 466 g/mol. The van der Waals surface area contributed by atoms with Gasteiger partial charge in [0, 0.05) is 24.3 Å². The van der Waals surface area contributed by atoms with Crippen LogP contribution in [-0.2, 0) is 24.9 Å². The molecule has 0 bridgehead atoms. The van der Waals surface area contributed by atoms with Crippen LogP contribution < -0.4 is 5.32 Å². The van der Waals surface area contributed by atoms with Gasteiger partial charge in [-0.05, 0) is 55.3 Å². The van der Waals surface area contributed by atoms with Crippen LogP contribution in [0.5, 0.6) is 0 Å². The van der Waals surface area contributed by atoms with Crippen LogP contribution in [0.1, 0.15) is 33.6 Å². The van der Waals surface area contributed by atoms with Crippen molar-refractivity contribution in [3.63, 3.8) is 0 Å². The number of fused-ring (bicyclic) bond motifs is 1. The fourth-order valence-corrected chi connectivity index (χ4v) is 6.03. The van der Waals surface area contributed by atoms with Crippen molar-refractivity contribution in [1.82, 2.24) is 8.77 Å². The fourth-order valence-electron chi connectivity index (χ4n) is 3.22. The van der Waals surface area contributed by atoms with E-state index in [1.807, 2.05) is 0 Å². The number of hydroxylamine groups is 1. The van der Waals surface area contributed by atoms with Crippen molar-refractivity contribution in [1.29, 1.82) is 0 Å². The molecule has 1 saturated carbocycles. The van der Waals surface area contributed by atoms with Gasteiger partial charge in [-0.15, -0.1) is 0 Å². The summed E-state index contributed by atoms with van der Waals surface area (Å²) in [7, 11) is -5.32. The summed E-state index contributed by atoms with van der Waals surface area (Å²) in [4.78, 5) is 29.6. The van der Waals surface area contributed by atoms with E-state index in [0.29, 0.717) is 23.0 Å². The number of amides is 2. The highest BCUT2D eigenvalue weighted by Gasteiger charge is 2.48. The molecule has 0 aromatic heterocycles. The highest BCUT2D eigenvalue weighted by Crippen LogP contribution is 2.39. The van der Waals surface area contributed by atoms with E-state index in [9.17, 15) is 26.4 Å². The molecule has 0 saturated heterocycles. The van der Waals surface area contributed by atoms with Crippen molar-refractivity contribution in [2.45, 2.75) is 28.7 Å². The molecule has 31 heavy (non-hydrogen) atoms. The maximum atomic E-state index is 12.7. The minimum atomic E-state index is -3.97. The van der Waals surface area contributed by atoms with Gasteiger partial charge < -0.3 is 5.32 Å². The number of benzene rings is 2. The van der Waals surface area contributed by atoms with E-state index in [1.54, 1.807) is 0 Å². The summed E-state index contributed by atoms with van der Waals surface area (Å²) < 4.78 is 51.5. The summed E-state index contributed by atoms with van der Waals surface area (Å²) in [6.45, 7) is 0. The Balaban J connectivity index is 1.56. The Morgan fingerprint density at radius 3 is 2.39 bits per heavy atom. The molecule has 1 aliphatic carbocycles. The van der Waals surface area contributed by atoms with Crippen molar-refractivity contribution in [3.05, 3.63) is 53.6 Å². The Bertz CT molecular complexity index is 1280. The maximum absolute atomic E-state index is 12.7. The number of sulfonamides is 2. The Morgan fingerprint density at radius 1 is 1.16 bits per heavy atom. The Labute approximate surface area is 179 Å².